The first kappa shape index (κ1) is 11.5. The molecule has 0 saturated heterocycles. The zero-order valence-corrected chi connectivity index (χ0v) is 11.1. The van der Waals surface area contributed by atoms with E-state index < -0.39 is 0 Å². The number of hydrogen-bond acceptors (Lipinski definition) is 3. The second-order valence-corrected chi connectivity index (χ2v) is 6.23. The minimum Gasteiger partial charge on any atom is -0.411 e. The van der Waals surface area contributed by atoms with Gasteiger partial charge in [-0.1, -0.05) is 29.4 Å². The summed E-state index contributed by atoms with van der Waals surface area (Å²) in [6, 6.07) is 9.15. The Kier molecular flexibility index (Phi) is 2.62. The van der Waals surface area contributed by atoms with Crippen LogP contribution in [0.15, 0.2) is 29.4 Å². The Bertz CT molecular complexity index is 525. The molecule has 0 spiro atoms. The number of fused-ring (bicyclic) bond motifs is 3. The topological polar surface area (TPSA) is 35.8 Å². The average molecular weight is 256 g/mol. The minimum absolute atomic E-state index is 0.400. The number of hydrogen-bond donors (Lipinski definition) is 1. The van der Waals surface area contributed by atoms with Crippen LogP contribution in [0, 0.1) is 11.8 Å². The highest BCUT2D eigenvalue weighted by Crippen LogP contribution is 2.45. The van der Waals surface area contributed by atoms with Crippen molar-refractivity contribution in [2.75, 3.05) is 6.54 Å². The third kappa shape index (κ3) is 1.71. The van der Waals surface area contributed by atoms with Crippen LogP contribution >= 0.6 is 0 Å². The van der Waals surface area contributed by atoms with Crippen LogP contribution in [-0.2, 0) is 13.0 Å². The summed E-state index contributed by atoms with van der Waals surface area (Å²) in [6.45, 7) is 2.12. The van der Waals surface area contributed by atoms with Crippen LogP contribution in [0.5, 0.6) is 0 Å². The maximum Gasteiger partial charge on any atom is 0.0775 e. The molecule has 1 heterocycles. The molecule has 0 amide bonds. The first-order valence-electron chi connectivity index (χ1n) is 7.39. The van der Waals surface area contributed by atoms with Crippen molar-refractivity contribution < 1.29 is 5.21 Å². The van der Waals surface area contributed by atoms with Gasteiger partial charge in [-0.3, -0.25) is 4.90 Å². The molecule has 3 heteroatoms. The molecule has 4 rings (SSSR count). The Hall–Kier alpha value is -1.35. The number of nitrogens with zero attached hydrogens (tertiary/aromatic N) is 2. The monoisotopic (exact) mass is 256 g/mol. The third-order valence-corrected chi connectivity index (χ3v) is 5.31. The van der Waals surface area contributed by atoms with E-state index in [1.807, 2.05) is 0 Å². The van der Waals surface area contributed by atoms with Crippen molar-refractivity contribution in [1.82, 2.24) is 4.90 Å². The molecule has 2 bridgehead atoms. The number of oxime groups is 1. The molecular formula is C16H20N2O. The molecular weight excluding hydrogens is 236 g/mol. The van der Waals surface area contributed by atoms with Gasteiger partial charge in [-0.25, -0.2) is 0 Å². The summed E-state index contributed by atoms with van der Waals surface area (Å²) in [6.07, 6.45) is 4.91. The Balaban J connectivity index is 1.61. The zero-order valence-electron chi connectivity index (χ0n) is 11.1. The van der Waals surface area contributed by atoms with Gasteiger partial charge < -0.3 is 5.21 Å². The molecule has 2 aliphatic carbocycles. The molecule has 0 unspecified atom stereocenters. The van der Waals surface area contributed by atoms with Crippen LogP contribution in [0.4, 0.5) is 0 Å². The Morgan fingerprint density at radius 1 is 1.16 bits per heavy atom. The lowest BCUT2D eigenvalue weighted by atomic mass is 9.89. The number of rotatable bonds is 1. The van der Waals surface area contributed by atoms with E-state index in [0.717, 1.165) is 31.1 Å². The van der Waals surface area contributed by atoms with Crippen LogP contribution in [-0.4, -0.2) is 28.4 Å². The van der Waals surface area contributed by atoms with Gasteiger partial charge in [0, 0.05) is 19.0 Å². The predicted octanol–water partition coefficient (Wildman–Crippen LogP) is 2.67. The third-order valence-electron chi connectivity index (χ3n) is 5.31. The molecule has 3 atom stereocenters. The molecule has 1 aromatic carbocycles. The van der Waals surface area contributed by atoms with E-state index in [0.29, 0.717) is 12.0 Å². The summed E-state index contributed by atoms with van der Waals surface area (Å²) in [4.78, 5) is 2.54. The lowest BCUT2D eigenvalue weighted by molar-refractivity contribution is 0.175. The minimum atomic E-state index is 0.400. The van der Waals surface area contributed by atoms with Crippen molar-refractivity contribution in [1.29, 1.82) is 0 Å². The molecule has 19 heavy (non-hydrogen) atoms. The van der Waals surface area contributed by atoms with Gasteiger partial charge in [0.15, 0.2) is 0 Å². The fraction of sp³-hybridized carbons (Fsp3) is 0.562. The summed E-state index contributed by atoms with van der Waals surface area (Å²) in [5.41, 5.74) is 4.01. The second kappa shape index (κ2) is 4.34. The highest BCUT2D eigenvalue weighted by Gasteiger charge is 2.48. The lowest BCUT2D eigenvalue weighted by Crippen LogP contribution is -2.47. The first-order chi connectivity index (χ1) is 9.36. The smallest absolute Gasteiger partial charge is 0.0775 e. The van der Waals surface area contributed by atoms with Gasteiger partial charge in [0.25, 0.3) is 0 Å². The molecule has 3 nitrogen and oxygen atoms in total. The normalized spacial score (nSPS) is 35.8. The van der Waals surface area contributed by atoms with E-state index in [9.17, 15) is 5.21 Å². The fourth-order valence-corrected chi connectivity index (χ4v) is 4.44. The lowest BCUT2D eigenvalue weighted by Gasteiger charge is -2.38. The second-order valence-electron chi connectivity index (χ2n) is 6.23. The van der Waals surface area contributed by atoms with Crippen molar-refractivity contribution in [2.45, 2.75) is 38.3 Å². The maximum absolute atomic E-state index is 9.35. The molecule has 3 aliphatic rings. The van der Waals surface area contributed by atoms with E-state index in [1.54, 1.807) is 0 Å². The molecule has 1 aliphatic heterocycles. The highest BCUT2D eigenvalue weighted by atomic mass is 16.4. The van der Waals surface area contributed by atoms with Gasteiger partial charge in [0.1, 0.15) is 0 Å². The molecule has 2 fully saturated rings. The van der Waals surface area contributed by atoms with Crippen molar-refractivity contribution in [3.05, 3.63) is 35.4 Å². The van der Waals surface area contributed by atoms with E-state index in [2.05, 4.69) is 34.3 Å². The van der Waals surface area contributed by atoms with E-state index in [1.165, 1.54) is 30.4 Å². The van der Waals surface area contributed by atoms with Gasteiger partial charge in [-0.15, -0.1) is 0 Å². The van der Waals surface area contributed by atoms with Crippen molar-refractivity contribution >= 4 is 5.71 Å². The largest absolute Gasteiger partial charge is 0.411 e. The standard InChI is InChI=1S/C16H20N2O/c19-17-15-12-5-6-13(9-12)16(15)18-8-7-11-3-1-2-4-14(11)10-18/h1-4,12-13,16,19H,5-10H2/b17-15-/t12-,13+,16-/m0/s1. The molecule has 100 valence electrons. The quantitative estimate of drug-likeness (QED) is 0.619. The summed E-state index contributed by atoms with van der Waals surface area (Å²) < 4.78 is 0. The summed E-state index contributed by atoms with van der Waals surface area (Å²) in [5.74, 6) is 1.28. The van der Waals surface area contributed by atoms with Crippen LogP contribution < -0.4 is 0 Å². The van der Waals surface area contributed by atoms with Crippen LogP contribution in [0.2, 0.25) is 0 Å². The molecule has 1 N–H and O–H groups in total. The van der Waals surface area contributed by atoms with Crippen LogP contribution in [0.25, 0.3) is 0 Å². The molecule has 0 radical (unpaired) electrons. The molecule has 1 aromatic rings. The van der Waals surface area contributed by atoms with Crippen molar-refractivity contribution in [2.24, 2.45) is 17.0 Å². The van der Waals surface area contributed by atoms with Crippen molar-refractivity contribution in [3.8, 4) is 0 Å². The van der Waals surface area contributed by atoms with Gasteiger partial charge in [0.2, 0.25) is 0 Å². The fourth-order valence-electron chi connectivity index (χ4n) is 4.44. The first-order valence-corrected chi connectivity index (χ1v) is 7.39. The maximum atomic E-state index is 9.35. The predicted molar refractivity (Wildman–Crippen MR) is 74.4 cm³/mol. The average Bonchev–Trinajstić information content (AvgIpc) is 3.07. The molecule has 0 aromatic heterocycles. The summed E-state index contributed by atoms with van der Waals surface area (Å²) in [5, 5.41) is 13.0. The van der Waals surface area contributed by atoms with E-state index >= 15 is 0 Å². The van der Waals surface area contributed by atoms with E-state index in [4.69, 9.17) is 0 Å². The van der Waals surface area contributed by atoms with Crippen LogP contribution in [0.3, 0.4) is 0 Å². The Morgan fingerprint density at radius 3 is 2.84 bits per heavy atom. The Morgan fingerprint density at radius 2 is 2.00 bits per heavy atom. The van der Waals surface area contributed by atoms with Gasteiger partial charge >= 0.3 is 0 Å². The van der Waals surface area contributed by atoms with E-state index in [-0.39, 0.29) is 0 Å². The summed E-state index contributed by atoms with van der Waals surface area (Å²) in [7, 11) is 0. The van der Waals surface area contributed by atoms with Gasteiger partial charge in [0.05, 0.1) is 11.8 Å². The highest BCUT2D eigenvalue weighted by molar-refractivity contribution is 5.94. The van der Waals surface area contributed by atoms with Gasteiger partial charge in [-0.05, 0) is 42.7 Å². The van der Waals surface area contributed by atoms with Crippen LogP contribution in [0.1, 0.15) is 30.4 Å². The Labute approximate surface area is 113 Å². The SMILES string of the molecule is O/N=C1/[C@H]2CC[C@H](C2)[C@@H]1N1CCc2ccccc2C1. The van der Waals surface area contributed by atoms with Crippen molar-refractivity contribution in [3.63, 3.8) is 0 Å². The molecule has 2 saturated carbocycles. The summed E-state index contributed by atoms with van der Waals surface area (Å²) >= 11 is 0. The zero-order chi connectivity index (χ0) is 12.8. The number of benzene rings is 1. The van der Waals surface area contributed by atoms with Gasteiger partial charge in [-0.2, -0.15) is 0 Å².